The van der Waals surface area contributed by atoms with E-state index in [-0.39, 0.29) is 11.9 Å². The van der Waals surface area contributed by atoms with Gasteiger partial charge in [0.1, 0.15) is 5.76 Å². The van der Waals surface area contributed by atoms with Crippen molar-refractivity contribution in [3.05, 3.63) is 75.3 Å². The maximum Gasteiger partial charge on any atom is 0.274 e. The van der Waals surface area contributed by atoms with Gasteiger partial charge >= 0.3 is 0 Å². The van der Waals surface area contributed by atoms with Gasteiger partial charge < -0.3 is 9.84 Å². The summed E-state index contributed by atoms with van der Waals surface area (Å²) in [4.78, 5) is 13.8. The molecule has 0 radical (unpaired) electrons. The molecular weight excluding hydrogens is 344 g/mol. The van der Waals surface area contributed by atoms with E-state index in [1.807, 2.05) is 17.5 Å². The van der Waals surface area contributed by atoms with Gasteiger partial charge in [0.15, 0.2) is 5.69 Å². The number of hydrogen-bond donors (Lipinski definition) is 1. The standard InChI is InChI=1S/C21H22N2O2S/c1-13(2)14-5-9-16(10-6-14)20(19-4-3-11-26-19)22-21(24)17-12-18(25-23-17)15-7-8-15/h3-6,9-13,15,20H,7-8H2,1-2H3,(H,22,24). The summed E-state index contributed by atoms with van der Waals surface area (Å²) in [6, 6.07) is 14.1. The maximum atomic E-state index is 12.7. The maximum absolute atomic E-state index is 12.7. The van der Waals surface area contributed by atoms with Crippen LogP contribution in [0.2, 0.25) is 0 Å². The van der Waals surface area contributed by atoms with E-state index in [4.69, 9.17) is 4.52 Å². The smallest absolute Gasteiger partial charge is 0.274 e. The average Bonchev–Trinajstić information content (AvgIpc) is 3.14. The minimum absolute atomic E-state index is 0.190. The third-order valence-electron chi connectivity index (χ3n) is 4.78. The summed E-state index contributed by atoms with van der Waals surface area (Å²) in [5.41, 5.74) is 2.71. The number of nitrogens with one attached hydrogen (secondary N) is 1. The Bertz CT molecular complexity index is 877. The zero-order chi connectivity index (χ0) is 18.1. The molecule has 4 nitrogen and oxygen atoms in total. The number of aromatic nitrogens is 1. The summed E-state index contributed by atoms with van der Waals surface area (Å²) in [6.07, 6.45) is 2.24. The SMILES string of the molecule is CC(C)c1ccc(C(NC(=O)c2cc(C3CC3)on2)c2cccs2)cc1. The molecule has 0 saturated heterocycles. The van der Waals surface area contributed by atoms with Crippen LogP contribution in [0.25, 0.3) is 0 Å². The number of carbonyl (C=O) groups is 1. The average molecular weight is 366 g/mol. The first-order chi connectivity index (χ1) is 12.6. The second kappa shape index (κ2) is 7.08. The Morgan fingerprint density at radius 2 is 1.92 bits per heavy atom. The molecule has 0 bridgehead atoms. The van der Waals surface area contributed by atoms with E-state index in [1.165, 1.54) is 5.56 Å². The van der Waals surface area contributed by atoms with Crippen molar-refractivity contribution in [2.24, 2.45) is 0 Å². The van der Waals surface area contributed by atoms with Gasteiger partial charge in [-0.25, -0.2) is 0 Å². The van der Waals surface area contributed by atoms with E-state index in [1.54, 1.807) is 17.4 Å². The zero-order valence-corrected chi connectivity index (χ0v) is 15.8. The van der Waals surface area contributed by atoms with Gasteiger partial charge in [0.25, 0.3) is 5.91 Å². The van der Waals surface area contributed by atoms with Gasteiger partial charge in [0.05, 0.1) is 6.04 Å². The molecule has 0 spiro atoms. The number of carbonyl (C=O) groups excluding carboxylic acids is 1. The van der Waals surface area contributed by atoms with Gasteiger partial charge in [-0.05, 0) is 41.3 Å². The van der Waals surface area contributed by atoms with Crippen LogP contribution in [0, 0.1) is 0 Å². The summed E-state index contributed by atoms with van der Waals surface area (Å²) in [6.45, 7) is 4.35. The summed E-state index contributed by atoms with van der Waals surface area (Å²) in [5.74, 6) is 1.55. The number of hydrogen-bond acceptors (Lipinski definition) is 4. The molecule has 3 aromatic rings. The largest absolute Gasteiger partial charge is 0.360 e. The highest BCUT2D eigenvalue weighted by Crippen LogP contribution is 2.40. The van der Waals surface area contributed by atoms with Crippen molar-refractivity contribution in [1.82, 2.24) is 10.5 Å². The van der Waals surface area contributed by atoms with Crippen LogP contribution in [-0.4, -0.2) is 11.1 Å². The molecule has 2 aromatic heterocycles. The van der Waals surface area contributed by atoms with E-state index in [2.05, 4.69) is 48.6 Å². The summed E-state index contributed by atoms with van der Waals surface area (Å²) in [7, 11) is 0. The molecule has 5 heteroatoms. The first-order valence-corrected chi connectivity index (χ1v) is 9.90. The summed E-state index contributed by atoms with van der Waals surface area (Å²) >= 11 is 1.64. The molecule has 4 rings (SSSR count). The summed E-state index contributed by atoms with van der Waals surface area (Å²) < 4.78 is 5.32. The van der Waals surface area contributed by atoms with Crippen molar-refractivity contribution in [2.45, 2.75) is 44.6 Å². The van der Waals surface area contributed by atoms with Crippen molar-refractivity contribution in [3.8, 4) is 0 Å². The van der Waals surface area contributed by atoms with Crippen molar-refractivity contribution >= 4 is 17.2 Å². The van der Waals surface area contributed by atoms with Gasteiger partial charge in [0, 0.05) is 16.9 Å². The van der Waals surface area contributed by atoms with Crippen LogP contribution < -0.4 is 5.32 Å². The molecule has 1 aliphatic rings. The molecule has 134 valence electrons. The van der Waals surface area contributed by atoms with Gasteiger partial charge in [-0.2, -0.15) is 0 Å². The molecule has 1 aliphatic carbocycles. The fourth-order valence-electron chi connectivity index (χ4n) is 3.01. The van der Waals surface area contributed by atoms with Gasteiger partial charge in [0.2, 0.25) is 0 Å². The molecule has 1 aromatic carbocycles. The molecular formula is C21H22N2O2S. The van der Waals surface area contributed by atoms with Gasteiger partial charge in [-0.15, -0.1) is 11.3 Å². The number of nitrogens with zero attached hydrogens (tertiary/aromatic N) is 1. The Labute approximate surface area is 157 Å². The van der Waals surface area contributed by atoms with E-state index < -0.39 is 0 Å². The highest BCUT2D eigenvalue weighted by atomic mass is 32.1. The Kier molecular flexibility index (Phi) is 4.64. The predicted octanol–water partition coefficient (Wildman–Crippen LogP) is 5.26. The van der Waals surface area contributed by atoms with E-state index in [0.29, 0.717) is 17.5 Å². The molecule has 1 amide bonds. The predicted molar refractivity (Wildman–Crippen MR) is 103 cm³/mol. The van der Waals surface area contributed by atoms with Crippen molar-refractivity contribution in [3.63, 3.8) is 0 Å². The minimum atomic E-state index is -0.202. The van der Waals surface area contributed by atoms with Crippen molar-refractivity contribution in [1.29, 1.82) is 0 Å². The highest BCUT2D eigenvalue weighted by Gasteiger charge is 2.29. The van der Waals surface area contributed by atoms with Crippen molar-refractivity contribution < 1.29 is 9.32 Å². The fourth-order valence-corrected chi connectivity index (χ4v) is 3.81. The zero-order valence-electron chi connectivity index (χ0n) is 14.9. The quantitative estimate of drug-likeness (QED) is 0.648. The van der Waals surface area contributed by atoms with Crippen LogP contribution in [0.1, 0.15) is 76.8 Å². The Morgan fingerprint density at radius 3 is 2.54 bits per heavy atom. The molecule has 26 heavy (non-hydrogen) atoms. The van der Waals surface area contributed by atoms with E-state index in [9.17, 15) is 4.79 Å². The van der Waals surface area contributed by atoms with Crippen LogP contribution in [0.15, 0.2) is 52.4 Å². The molecule has 1 unspecified atom stereocenters. The second-order valence-electron chi connectivity index (χ2n) is 7.13. The number of benzene rings is 1. The number of thiophene rings is 1. The topological polar surface area (TPSA) is 55.1 Å². The molecule has 2 heterocycles. The van der Waals surface area contributed by atoms with E-state index >= 15 is 0 Å². The Balaban J connectivity index is 1.57. The highest BCUT2D eigenvalue weighted by molar-refractivity contribution is 7.10. The lowest BCUT2D eigenvalue weighted by atomic mass is 9.98. The lowest BCUT2D eigenvalue weighted by Gasteiger charge is -2.18. The second-order valence-corrected chi connectivity index (χ2v) is 8.11. The normalized spacial score (nSPS) is 15.2. The molecule has 1 atom stereocenters. The van der Waals surface area contributed by atoms with Crippen molar-refractivity contribution in [2.75, 3.05) is 0 Å². The van der Waals surface area contributed by atoms with E-state index in [0.717, 1.165) is 29.0 Å². The monoisotopic (exact) mass is 366 g/mol. The van der Waals surface area contributed by atoms with Crippen LogP contribution in [0.5, 0.6) is 0 Å². The Hall–Kier alpha value is -2.40. The van der Waals surface area contributed by atoms with Crippen LogP contribution in [0.4, 0.5) is 0 Å². The minimum Gasteiger partial charge on any atom is -0.360 e. The van der Waals surface area contributed by atoms with Crippen LogP contribution >= 0.6 is 11.3 Å². The van der Waals surface area contributed by atoms with Crippen LogP contribution in [-0.2, 0) is 0 Å². The van der Waals surface area contributed by atoms with Gasteiger partial charge in [-0.3, -0.25) is 4.79 Å². The molecule has 1 fully saturated rings. The fraction of sp³-hybridized carbons (Fsp3) is 0.333. The first-order valence-electron chi connectivity index (χ1n) is 9.02. The third-order valence-corrected chi connectivity index (χ3v) is 5.72. The third kappa shape index (κ3) is 3.58. The lowest BCUT2D eigenvalue weighted by molar-refractivity contribution is 0.0934. The molecule has 1 saturated carbocycles. The molecule has 1 N–H and O–H groups in total. The Morgan fingerprint density at radius 1 is 1.19 bits per heavy atom. The molecule has 0 aliphatic heterocycles. The van der Waals surface area contributed by atoms with Crippen LogP contribution in [0.3, 0.4) is 0 Å². The summed E-state index contributed by atoms with van der Waals surface area (Å²) in [5, 5.41) is 9.11. The number of rotatable bonds is 6. The first kappa shape index (κ1) is 17.0. The van der Waals surface area contributed by atoms with Gasteiger partial charge in [-0.1, -0.05) is 49.3 Å². The number of amides is 1. The lowest BCUT2D eigenvalue weighted by Crippen LogP contribution is -2.29.